The van der Waals surface area contributed by atoms with E-state index in [4.69, 9.17) is 11.6 Å². The molecule has 0 radical (unpaired) electrons. The van der Waals surface area contributed by atoms with Crippen LogP contribution in [0.2, 0.25) is 5.02 Å². The highest BCUT2D eigenvalue weighted by molar-refractivity contribution is 7.92. The maximum atomic E-state index is 12.9. The number of nitrogens with one attached hydrogen (secondary N) is 1. The minimum atomic E-state index is -3.88. The second-order valence-corrected chi connectivity index (χ2v) is 9.64. The molecule has 1 N–H and O–H groups in total. The molecule has 3 aromatic rings. The summed E-state index contributed by atoms with van der Waals surface area (Å²) in [5, 5.41) is 0.311. The number of sulfonamides is 1. The summed E-state index contributed by atoms with van der Waals surface area (Å²) in [5.74, 6) is -0.0810. The van der Waals surface area contributed by atoms with E-state index in [9.17, 15) is 13.2 Å². The normalized spacial score (nSPS) is 14.1. The summed E-state index contributed by atoms with van der Waals surface area (Å²) in [6.45, 7) is 6.34. The average molecular weight is 483 g/mol. The molecule has 1 aromatic heterocycles. The molecule has 0 aliphatic carbocycles. The van der Waals surface area contributed by atoms with Crippen LogP contribution in [-0.2, 0) is 10.0 Å². The van der Waals surface area contributed by atoms with Gasteiger partial charge >= 0.3 is 0 Å². The largest absolute Gasteiger partial charge is 0.368 e. The SMILES string of the molecule is C=Cc1ccc(Cl)cc1S(=O)(=O)Nc1ccc(C(=O)N2CCN(c3ccncc3)CC2)cc1. The number of halogens is 1. The van der Waals surface area contributed by atoms with Crippen LogP contribution in [0.4, 0.5) is 11.4 Å². The topological polar surface area (TPSA) is 82.6 Å². The fourth-order valence-electron chi connectivity index (χ4n) is 3.71. The van der Waals surface area contributed by atoms with Crippen LogP contribution >= 0.6 is 11.6 Å². The van der Waals surface area contributed by atoms with Gasteiger partial charge < -0.3 is 9.80 Å². The van der Waals surface area contributed by atoms with E-state index < -0.39 is 10.0 Å². The molecule has 7 nitrogen and oxygen atoms in total. The van der Waals surface area contributed by atoms with Crippen molar-refractivity contribution in [2.75, 3.05) is 35.8 Å². The van der Waals surface area contributed by atoms with Gasteiger partial charge in [0.15, 0.2) is 0 Å². The third kappa shape index (κ3) is 5.18. The average Bonchev–Trinajstić information content (AvgIpc) is 2.84. The van der Waals surface area contributed by atoms with Gasteiger partial charge in [0.25, 0.3) is 15.9 Å². The zero-order chi connectivity index (χ0) is 23.4. The molecule has 2 aromatic carbocycles. The van der Waals surface area contributed by atoms with Crippen LogP contribution in [0.3, 0.4) is 0 Å². The second kappa shape index (κ2) is 9.64. The van der Waals surface area contributed by atoms with E-state index in [1.54, 1.807) is 53.7 Å². The highest BCUT2D eigenvalue weighted by Gasteiger charge is 2.23. The maximum absolute atomic E-state index is 12.9. The molecule has 1 aliphatic heterocycles. The summed E-state index contributed by atoms with van der Waals surface area (Å²) < 4.78 is 28.2. The maximum Gasteiger partial charge on any atom is 0.262 e. The molecule has 9 heteroatoms. The Morgan fingerprint density at radius 1 is 1.00 bits per heavy atom. The van der Waals surface area contributed by atoms with Crippen molar-refractivity contribution in [2.45, 2.75) is 4.90 Å². The van der Waals surface area contributed by atoms with Gasteiger partial charge in [-0.05, 0) is 54.1 Å². The summed E-state index contributed by atoms with van der Waals surface area (Å²) in [6, 6.07) is 14.9. The third-order valence-corrected chi connectivity index (χ3v) is 7.14. The molecule has 0 atom stereocenters. The van der Waals surface area contributed by atoms with Crippen molar-refractivity contribution in [3.05, 3.63) is 89.7 Å². The van der Waals surface area contributed by atoms with Gasteiger partial charge in [0.05, 0.1) is 4.90 Å². The number of carbonyl (C=O) groups is 1. The summed E-state index contributed by atoms with van der Waals surface area (Å²) >= 11 is 5.98. The highest BCUT2D eigenvalue weighted by atomic mass is 35.5. The number of benzene rings is 2. The van der Waals surface area contributed by atoms with Crippen LogP contribution in [-0.4, -0.2) is 50.4 Å². The summed E-state index contributed by atoms with van der Waals surface area (Å²) in [7, 11) is -3.88. The second-order valence-electron chi connectivity index (χ2n) is 7.55. The van der Waals surface area contributed by atoms with E-state index in [1.807, 2.05) is 12.1 Å². The molecular weight excluding hydrogens is 460 g/mol. The van der Waals surface area contributed by atoms with Gasteiger partial charge in [-0.3, -0.25) is 14.5 Å². The first kappa shape index (κ1) is 22.8. The lowest BCUT2D eigenvalue weighted by Crippen LogP contribution is -2.48. The summed E-state index contributed by atoms with van der Waals surface area (Å²) in [5.41, 5.74) is 2.39. The van der Waals surface area contributed by atoms with E-state index in [0.717, 1.165) is 18.8 Å². The van der Waals surface area contributed by atoms with Crippen molar-refractivity contribution in [3.8, 4) is 0 Å². The van der Waals surface area contributed by atoms with E-state index in [1.165, 1.54) is 12.1 Å². The van der Waals surface area contributed by atoms with Crippen molar-refractivity contribution in [3.63, 3.8) is 0 Å². The first-order valence-electron chi connectivity index (χ1n) is 10.4. The van der Waals surface area contributed by atoms with Gasteiger partial charge in [-0.25, -0.2) is 8.42 Å². The van der Waals surface area contributed by atoms with Crippen LogP contribution in [0.1, 0.15) is 15.9 Å². The van der Waals surface area contributed by atoms with Crippen LogP contribution < -0.4 is 9.62 Å². The number of aromatic nitrogens is 1. The van der Waals surface area contributed by atoms with Gasteiger partial charge in [-0.15, -0.1) is 0 Å². The molecule has 0 unspecified atom stereocenters. The van der Waals surface area contributed by atoms with Crippen LogP contribution in [0.5, 0.6) is 0 Å². The quantitative estimate of drug-likeness (QED) is 0.571. The van der Waals surface area contributed by atoms with E-state index >= 15 is 0 Å². The molecule has 2 heterocycles. The number of anilines is 2. The van der Waals surface area contributed by atoms with E-state index in [-0.39, 0.29) is 10.8 Å². The molecule has 4 rings (SSSR count). The Morgan fingerprint density at radius 3 is 2.30 bits per heavy atom. The smallest absolute Gasteiger partial charge is 0.262 e. The summed E-state index contributed by atoms with van der Waals surface area (Å²) in [6.07, 6.45) is 4.97. The monoisotopic (exact) mass is 482 g/mol. The van der Waals surface area contributed by atoms with Crippen molar-refractivity contribution in [1.29, 1.82) is 0 Å². The zero-order valence-electron chi connectivity index (χ0n) is 17.8. The minimum Gasteiger partial charge on any atom is -0.368 e. The zero-order valence-corrected chi connectivity index (χ0v) is 19.4. The molecule has 170 valence electrons. The van der Waals surface area contributed by atoms with Crippen LogP contribution in [0, 0.1) is 0 Å². The number of rotatable bonds is 6. The van der Waals surface area contributed by atoms with Gasteiger partial charge in [0.2, 0.25) is 0 Å². The molecule has 0 spiro atoms. The fourth-order valence-corrected chi connectivity index (χ4v) is 5.24. The van der Waals surface area contributed by atoms with E-state index in [2.05, 4.69) is 21.2 Å². The van der Waals surface area contributed by atoms with Crippen molar-refractivity contribution >= 4 is 45.0 Å². The standard InChI is InChI=1S/C24H23ClN4O3S/c1-2-18-3-6-20(25)17-23(18)33(31,32)27-21-7-4-19(5-8-21)24(30)29-15-13-28(14-16-29)22-9-11-26-12-10-22/h2-12,17,27H,1,13-16H2. The minimum absolute atomic E-state index is 0.0391. The fraction of sp³-hybridized carbons (Fsp3) is 0.167. The predicted octanol–water partition coefficient (Wildman–Crippen LogP) is 4.14. The lowest BCUT2D eigenvalue weighted by atomic mass is 10.1. The predicted molar refractivity (Wildman–Crippen MR) is 131 cm³/mol. The number of amides is 1. The number of hydrogen-bond donors (Lipinski definition) is 1. The number of nitrogens with zero attached hydrogens (tertiary/aromatic N) is 3. The number of hydrogen-bond acceptors (Lipinski definition) is 5. The summed E-state index contributed by atoms with van der Waals surface area (Å²) in [4.78, 5) is 21.0. The molecule has 1 amide bonds. The van der Waals surface area contributed by atoms with Gasteiger partial charge in [0.1, 0.15) is 0 Å². The first-order chi connectivity index (χ1) is 15.9. The van der Waals surface area contributed by atoms with Gasteiger partial charge in [-0.2, -0.15) is 0 Å². The Hall–Kier alpha value is -3.36. The molecule has 1 aliphatic rings. The van der Waals surface area contributed by atoms with Crippen molar-refractivity contribution in [1.82, 2.24) is 9.88 Å². The van der Waals surface area contributed by atoms with Gasteiger partial charge in [-0.1, -0.05) is 30.3 Å². The van der Waals surface area contributed by atoms with Gasteiger partial charge in [0, 0.05) is 60.5 Å². The number of pyridine rings is 1. The first-order valence-corrected chi connectivity index (χ1v) is 12.2. The Balaban J connectivity index is 1.42. The lowest BCUT2D eigenvalue weighted by Gasteiger charge is -2.36. The Kier molecular flexibility index (Phi) is 6.67. The number of piperazine rings is 1. The van der Waals surface area contributed by atoms with Crippen LogP contribution in [0.25, 0.3) is 6.08 Å². The molecule has 1 fully saturated rings. The molecule has 0 bridgehead atoms. The van der Waals surface area contributed by atoms with Crippen LogP contribution in [0.15, 0.2) is 78.5 Å². The van der Waals surface area contributed by atoms with Crippen molar-refractivity contribution < 1.29 is 13.2 Å². The van der Waals surface area contributed by atoms with Crippen molar-refractivity contribution in [2.24, 2.45) is 0 Å². The molecule has 0 saturated carbocycles. The Bertz CT molecular complexity index is 1260. The Morgan fingerprint density at radius 2 is 1.67 bits per heavy atom. The molecule has 1 saturated heterocycles. The lowest BCUT2D eigenvalue weighted by molar-refractivity contribution is 0.0747. The Labute approximate surface area is 198 Å². The molecule has 33 heavy (non-hydrogen) atoms. The molecular formula is C24H23ClN4O3S. The third-order valence-electron chi connectivity index (χ3n) is 5.46. The van der Waals surface area contributed by atoms with E-state index in [0.29, 0.717) is 34.9 Å². The highest BCUT2D eigenvalue weighted by Crippen LogP contribution is 2.25. The number of carbonyl (C=O) groups excluding carboxylic acids is 1.